The predicted molar refractivity (Wildman–Crippen MR) is 78.4 cm³/mol. The van der Waals surface area contributed by atoms with E-state index in [1.165, 1.54) is 17.4 Å². The second-order valence-corrected chi connectivity index (χ2v) is 8.11. The molecule has 0 saturated carbocycles. The van der Waals surface area contributed by atoms with Crippen molar-refractivity contribution in [3.05, 3.63) is 33.1 Å². The minimum Gasteiger partial charge on any atom is -0.343 e. The molecule has 2 heterocycles. The van der Waals surface area contributed by atoms with Crippen molar-refractivity contribution in [2.45, 2.75) is 24.1 Å². The number of thiazole rings is 1. The Bertz CT molecular complexity index is 733. The molecule has 108 valence electrons. The highest BCUT2D eigenvalue weighted by Gasteiger charge is 2.18. The number of nitrogens with two attached hydrogens (primary N) is 1. The van der Waals surface area contributed by atoms with Crippen molar-refractivity contribution in [1.82, 2.24) is 10.3 Å². The zero-order chi connectivity index (χ0) is 14.9. The lowest BCUT2D eigenvalue weighted by Gasteiger charge is -2.10. The first-order valence-electron chi connectivity index (χ1n) is 5.63. The van der Waals surface area contributed by atoms with E-state index in [9.17, 15) is 13.2 Å². The Morgan fingerprint density at radius 3 is 2.65 bits per heavy atom. The van der Waals surface area contributed by atoms with Crippen molar-refractivity contribution in [2.24, 2.45) is 5.14 Å². The van der Waals surface area contributed by atoms with E-state index in [0.717, 1.165) is 16.3 Å². The van der Waals surface area contributed by atoms with Crippen LogP contribution in [0.4, 0.5) is 0 Å². The standard InChI is InChI=1S/C11H13N3O3S3/c1-6(9-3-4-10(19-9)20(12,16)17)13-11(15)8-5-18-7(2)14-8/h3-6H,1-2H3,(H,13,15)(H2,12,16,17). The quantitative estimate of drug-likeness (QED) is 0.889. The first kappa shape index (κ1) is 15.1. The number of rotatable bonds is 4. The third-order valence-electron chi connectivity index (χ3n) is 2.51. The Morgan fingerprint density at radius 1 is 1.45 bits per heavy atom. The van der Waals surface area contributed by atoms with Crippen LogP contribution < -0.4 is 10.5 Å². The van der Waals surface area contributed by atoms with Gasteiger partial charge >= 0.3 is 0 Å². The number of nitrogens with zero attached hydrogens (tertiary/aromatic N) is 1. The van der Waals surface area contributed by atoms with Crippen LogP contribution in [0.5, 0.6) is 0 Å². The molecule has 0 aliphatic heterocycles. The Hall–Kier alpha value is -1.29. The van der Waals surface area contributed by atoms with Crippen LogP contribution >= 0.6 is 22.7 Å². The highest BCUT2D eigenvalue weighted by molar-refractivity contribution is 7.91. The number of carbonyl (C=O) groups is 1. The summed E-state index contributed by atoms with van der Waals surface area (Å²) in [4.78, 5) is 16.8. The molecule has 1 atom stereocenters. The molecule has 1 amide bonds. The second kappa shape index (κ2) is 5.60. The summed E-state index contributed by atoms with van der Waals surface area (Å²) in [6, 6.07) is 2.76. The van der Waals surface area contributed by atoms with Crippen LogP contribution in [0.2, 0.25) is 0 Å². The van der Waals surface area contributed by atoms with Gasteiger partial charge < -0.3 is 5.32 Å². The average Bonchev–Trinajstić information content (AvgIpc) is 2.95. The summed E-state index contributed by atoms with van der Waals surface area (Å²) in [5, 5.41) is 10.3. The van der Waals surface area contributed by atoms with Crippen LogP contribution in [0.15, 0.2) is 21.7 Å². The number of thiophene rings is 1. The lowest BCUT2D eigenvalue weighted by molar-refractivity contribution is 0.0936. The van der Waals surface area contributed by atoms with Gasteiger partial charge in [-0.25, -0.2) is 18.5 Å². The normalized spacial score (nSPS) is 13.2. The van der Waals surface area contributed by atoms with E-state index in [4.69, 9.17) is 5.14 Å². The Morgan fingerprint density at radius 2 is 2.15 bits per heavy atom. The summed E-state index contributed by atoms with van der Waals surface area (Å²) in [5.74, 6) is -0.285. The highest BCUT2D eigenvalue weighted by atomic mass is 32.2. The number of carbonyl (C=O) groups excluding carboxylic acids is 1. The molecule has 2 aromatic rings. The van der Waals surface area contributed by atoms with Crippen molar-refractivity contribution in [3.63, 3.8) is 0 Å². The molecule has 0 spiro atoms. The molecule has 1 unspecified atom stereocenters. The molecule has 0 fully saturated rings. The van der Waals surface area contributed by atoms with Gasteiger partial charge in [0.15, 0.2) is 0 Å². The molecule has 2 aromatic heterocycles. The molecule has 0 radical (unpaired) electrons. The zero-order valence-electron chi connectivity index (χ0n) is 10.8. The van der Waals surface area contributed by atoms with Crippen LogP contribution in [0.1, 0.15) is 33.3 Å². The molecule has 2 rings (SSSR count). The highest BCUT2D eigenvalue weighted by Crippen LogP contribution is 2.26. The van der Waals surface area contributed by atoms with E-state index >= 15 is 0 Å². The molecule has 0 bridgehead atoms. The largest absolute Gasteiger partial charge is 0.343 e. The number of amides is 1. The van der Waals surface area contributed by atoms with Gasteiger partial charge in [-0.2, -0.15) is 0 Å². The van der Waals surface area contributed by atoms with Gasteiger partial charge in [0, 0.05) is 10.3 Å². The van der Waals surface area contributed by atoms with E-state index in [0.29, 0.717) is 10.6 Å². The van der Waals surface area contributed by atoms with Crippen molar-refractivity contribution in [2.75, 3.05) is 0 Å². The van der Waals surface area contributed by atoms with Gasteiger partial charge in [0.05, 0.1) is 11.0 Å². The lowest BCUT2D eigenvalue weighted by Crippen LogP contribution is -2.26. The molecular weight excluding hydrogens is 318 g/mol. The molecule has 3 N–H and O–H groups in total. The Kier molecular flexibility index (Phi) is 4.23. The van der Waals surface area contributed by atoms with Gasteiger partial charge in [0.2, 0.25) is 10.0 Å². The van der Waals surface area contributed by atoms with Gasteiger partial charge in [-0.15, -0.1) is 22.7 Å². The van der Waals surface area contributed by atoms with Crippen LogP contribution in [0.3, 0.4) is 0 Å². The van der Waals surface area contributed by atoms with Crippen LogP contribution in [-0.2, 0) is 10.0 Å². The van der Waals surface area contributed by atoms with Crippen LogP contribution in [-0.4, -0.2) is 19.3 Å². The van der Waals surface area contributed by atoms with Gasteiger partial charge in [-0.05, 0) is 26.0 Å². The maximum Gasteiger partial charge on any atom is 0.271 e. The summed E-state index contributed by atoms with van der Waals surface area (Å²) >= 11 is 2.44. The molecular formula is C11H13N3O3S3. The number of primary sulfonamides is 1. The fourth-order valence-corrected chi connectivity index (χ4v) is 3.87. The van der Waals surface area contributed by atoms with E-state index < -0.39 is 10.0 Å². The van der Waals surface area contributed by atoms with E-state index in [-0.39, 0.29) is 16.2 Å². The van der Waals surface area contributed by atoms with Crippen molar-refractivity contribution in [1.29, 1.82) is 0 Å². The number of hydrogen-bond acceptors (Lipinski definition) is 6. The SMILES string of the molecule is Cc1nc(C(=O)NC(C)c2ccc(S(N)(=O)=O)s2)cs1. The lowest BCUT2D eigenvalue weighted by atomic mass is 10.2. The molecule has 0 aromatic carbocycles. The minimum absolute atomic E-state index is 0.0816. The maximum absolute atomic E-state index is 11.9. The summed E-state index contributed by atoms with van der Waals surface area (Å²) in [6.07, 6.45) is 0. The van der Waals surface area contributed by atoms with Gasteiger partial charge in [-0.3, -0.25) is 4.79 Å². The fraction of sp³-hybridized carbons (Fsp3) is 0.273. The van der Waals surface area contributed by atoms with Crippen molar-refractivity contribution < 1.29 is 13.2 Å². The molecule has 0 saturated heterocycles. The predicted octanol–water partition coefficient (Wildman–Crippen LogP) is 1.65. The minimum atomic E-state index is -3.70. The fourth-order valence-electron chi connectivity index (χ4n) is 1.53. The maximum atomic E-state index is 11.9. The summed E-state index contributed by atoms with van der Waals surface area (Å²) < 4.78 is 22.5. The average molecular weight is 331 g/mol. The van der Waals surface area contributed by atoms with Crippen molar-refractivity contribution >= 4 is 38.6 Å². The summed E-state index contributed by atoms with van der Waals surface area (Å²) in [5.41, 5.74) is 0.363. The molecule has 0 aliphatic rings. The third kappa shape index (κ3) is 3.42. The monoisotopic (exact) mass is 331 g/mol. The van der Waals surface area contributed by atoms with Crippen molar-refractivity contribution in [3.8, 4) is 0 Å². The summed E-state index contributed by atoms with van der Waals surface area (Å²) in [6.45, 7) is 3.60. The number of sulfonamides is 1. The number of aromatic nitrogens is 1. The molecule has 20 heavy (non-hydrogen) atoms. The van der Waals surface area contributed by atoms with Crippen LogP contribution in [0.25, 0.3) is 0 Å². The van der Waals surface area contributed by atoms with Crippen LogP contribution in [0, 0.1) is 6.92 Å². The smallest absolute Gasteiger partial charge is 0.271 e. The van der Waals surface area contributed by atoms with E-state index in [1.807, 2.05) is 6.92 Å². The van der Waals surface area contributed by atoms with E-state index in [1.54, 1.807) is 18.4 Å². The first-order chi connectivity index (χ1) is 9.27. The number of aryl methyl sites for hydroxylation is 1. The summed E-state index contributed by atoms with van der Waals surface area (Å²) in [7, 11) is -3.70. The molecule has 9 heteroatoms. The molecule has 0 aliphatic carbocycles. The third-order valence-corrected chi connectivity index (χ3v) is 5.99. The van der Waals surface area contributed by atoms with E-state index in [2.05, 4.69) is 10.3 Å². The topological polar surface area (TPSA) is 102 Å². The van der Waals surface area contributed by atoms with Gasteiger partial charge in [0.1, 0.15) is 9.90 Å². The second-order valence-electron chi connectivity index (χ2n) is 4.15. The first-order valence-corrected chi connectivity index (χ1v) is 8.87. The van der Waals surface area contributed by atoms with Gasteiger partial charge in [-0.1, -0.05) is 0 Å². The Labute approximate surface area is 124 Å². The number of hydrogen-bond donors (Lipinski definition) is 2. The zero-order valence-corrected chi connectivity index (χ0v) is 13.2. The Balaban J connectivity index is 2.10. The number of nitrogens with one attached hydrogen (secondary N) is 1. The van der Waals surface area contributed by atoms with Gasteiger partial charge in [0.25, 0.3) is 5.91 Å². The molecule has 6 nitrogen and oxygen atoms in total.